The van der Waals surface area contributed by atoms with Crippen LogP contribution in [0.15, 0.2) is 34.1 Å². The van der Waals surface area contributed by atoms with Crippen LogP contribution in [0.2, 0.25) is 0 Å². The Labute approximate surface area is 142 Å². The van der Waals surface area contributed by atoms with E-state index in [-0.39, 0.29) is 23.1 Å². The Balaban J connectivity index is 2.77. The van der Waals surface area contributed by atoms with Crippen molar-refractivity contribution in [1.29, 1.82) is 0 Å². The molecule has 10 nitrogen and oxygen atoms in total. The van der Waals surface area contributed by atoms with E-state index < -0.39 is 41.9 Å². The van der Waals surface area contributed by atoms with Gasteiger partial charge in [-0.25, -0.2) is 4.79 Å². The normalized spacial score (nSPS) is 12.1. The first-order chi connectivity index (χ1) is 11.4. The van der Waals surface area contributed by atoms with Crippen molar-refractivity contribution >= 4 is 42.8 Å². The molecule has 0 aliphatic rings. The molecule has 136 valence electrons. The number of carbonyl (C=O) groups is 1. The first kappa shape index (κ1) is 18.9. The van der Waals surface area contributed by atoms with Crippen LogP contribution in [0.4, 0.5) is 10.5 Å². The van der Waals surface area contributed by atoms with Gasteiger partial charge >= 0.3 is 6.09 Å². The van der Waals surface area contributed by atoms with Gasteiger partial charge in [-0.3, -0.25) is 14.4 Å². The molecule has 2 aromatic rings. The lowest BCUT2D eigenvalue weighted by Crippen LogP contribution is -2.16. The number of anilines is 1. The molecule has 0 atom stereocenters. The molecule has 0 saturated heterocycles. The zero-order valence-electron chi connectivity index (χ0n) is 12.6. The number of fused-ring (bicyclic) bond motifs is 1. The van der Waals surface area contributed by atoms with Crippen LogP contribution in [-0.4, -0.2) is 43.7 Å². The Bertz CT molecular complexity index is 1060. The molecule has 0 unspecified atom stereocenters. The molecular weight excluding hydrogens is 378 g/mol. The molecule has 0 spiro atoms. The molecular formula is C13H13NO9S2. The minimum Gasteiger partial charge on any atom is -0.507 e. The van der Waals surface area contributed by atoms with Crippen molar-refractivity contribution < 1.29 is 40.6 Å². The smallest absolute Gasteiger partial charge is 0.411 e. The van der Waals surface area contributed by atoms with Crippen LogP contribution in [0.25, 0.3) is 10.8 Å². The number of aromatic hydroxyl groups is 1. The highest BCUT2D eigenvalue weighted by atomic mass is 32.2. The second-order valence-electron chi connectivity index (χ2n) is 4.81. The molecule has 25 heavy (non-hydrogen) atoms. The van der Waals surface area contributed by atoms with E-state index in [0.717, 1.165) is 24.3 Å². The maximum Gasteiger partial charge on any atom is 0.411 e. The van der Waals surface area contributed by atoms with Gasteiger partial charge in [0, 0.05) is 11.5 Å². The van der Waals surface area contributed by atoms with Gasteiger partial charge in [0.25, 0.3) is 20.2 Å². The van der Waals surface area contributed by atoms with Crippen LogP contribution < -0.4 is 5.32 Å². The highest BCUT2D eigenvalue weighted by Crippen LogP contribution is 2.34. The monoisotopic (exact) mass is 391 g/mol. The number of hydrogen-bond donors (Lipinski definition) is 4. The minimum absolute atomic E-state index is 0.00356. The van der Waals surface area contributed by atoms with Gasteiger partial charge in [0.1, 0.15) is 10.6 Å². The summed E-state index contributed by atoms with van der Waals surface area (Å²) >= 11 is 0. The van der Waals surface area contributed by atoms with Gasteiger partial charge in [-0.05, 0) is 30.5 Å². The Morgan fingerprint density at radius 2 is 1.72 bits per heavy atom. The van der Waals surface area contributed by atoms with Crippen LogP contribution in [0, 0.1) is 0 Å². The maximum absolute atomic E-state index is 11.5. The van der Waals surface area contributed by atoms with Crippen molar-refractivity contribution in [3.05, 3.63) is 24.3 Å². The number of phenols is 1. The summed E-state index contributed by atoms with van der Waals surface area (Å²) in [5, 5.41) is 11.9. The minimum atomic E-state index is -4.81. The molecule has 2 rings (SSSR count). The first-order valence-corrected chi connectivity index (χ1v) is 9.51. The Morgan fingerprint density at radius 1 is 1.08 bits per heavy atom. The van der Waals surface area contributed by atoms with Crippen molar-refractivity contribution in [3.63, 3.8) is 0 Å². The van der Waals surface area contributed by atoms with Gasteiger partial charge in [0.05, 0.1) is 17.2 Å². The average molecular weight is 391 g/mol. The van der Waals surface area contributed by atoms with Crippen LogP contribution >= 0.6 is 0 Å². The van der Waals surface area contributed by atoms with Crippen LogP contribution in [0.5, 0.6) is 5.75 Å². The molecule has 1 amide bonds. The van der Waals surface area contributed by atoms with E-state index in [1.54, 1.807) is 0 Å². The fraction of sp³-hybridized carbons (Fsp3) is 0.154. The molecule has 0 radical (unpaired) electrons. The van der Waals surface area contributed by atoms with Gasteiger partial charge in [0.2, 0.25) is 0 Å². The summed E-state index contributed by atoms with van der Waals surface area (Å²) in [6.07, 6.45) is -0.999. The Kier molecular flexibility index (Phi) is 4.90. The van der Waals surface area contributed by atoms with Crippen LogP contribution in [0.1, 0.15) is 6.92 Å². The fourth-order valence-electron chi connectivity index (χ4n) is 2.08. The van der Waals surface area contributed by atoms with Crippen molar-refractivity contribution in [3.8, 4) is 5.75 Å². The van der Waals surface area contributed by atoms with Crippen LogP contribution in [0.3, 0.4) is 0 Å². The summed E-state index contributed by atoms with van der Waals surface area (Å²) in [6, 6.07) is 3.49. The van der Waals surface area contributed by atoms with Crippen molar-refractivity contribution in [2.24, 2.45) is 0 Å². The summed E-state index contributed by atoms with van der Waals surface area (Å²) in [4.78, 5) is 10.1. The molecule has 0 aliphatic heterocycles. The molecule has 0 saturated carbocycles. The largest absolute Gasteiger partial charge is 0.507 e. The fourth-order valence-corrected chi connectivity index (χ4v) is 3.28. The molecule has 0 heterocycles. The van der Waals surface area contributed by atoms with Crippen molar-refractivity contribution in [1.82, 2.24) is 0 Å². The van der Waals surface area contributed by atoms with E-state index in [4.69, 9.17) is 4.55 Å². The van der Waals surface area contributed by atoms with Gasteiger partial charge in [-0.1, -0.05) is 0 Å². The lowest BCUT2D eigenvalue weighted by molar-refractivity contribution is 0.168. The second-order valence-corrected chi connectivity index (χ2v) is 7.62. The third-order valence-electron chi connectivity index (χ3n) is 3.09. The molecule has 0 aliphatic carbocycles. The third kappa shape index (κ3) is 4.17. The topological polar surface area (TPSA) is 167 Å². The number of nitrogens with one attached hydrogen (secondary N) is 1. The van der Waals surface area contributed by atoms with E-state index in [1.165, 1.54) is 6.92 Å². The van der Waals surface area contributed by atoms with Crippen LogP contribution in [-0.2, 0) is 25.0 Å². The number of benzene rings is 2. The molecule has 12 heteroatoms. The molecule has 0 bridgehead atoms. The van der Waals surface area contributed by atoms with E-state index in [1.807, 2.05) is 0 Å². The number of hydrogen-bond acceptors (Lipinski definition) is 7. The van der Waals surface area contributed by atoms with E-state index in [0.29, 0.717) is 0 Å². The third-order valence-corrected chi connectivity index (χ3v) is 4.82. The van der Waals surface area contributed by atoms with Gasteiger partial charge in [-0.15, -0.1) is 0 Å². The standard InChI is InChI=1S/C13H13NO9S2/c1-2-23-13(16)14-10-6-9-7(4-12(10)25(20,21)22)3-8(5-11(9)15)24(17,18)19/h3-6,15H,2H2,1H3,(H,14,16)(H,17,18,19)(H,20,21,22). The Hall–Kier alpha value is -2.41. The molecule has 0 aromatic heterocycles. The lowest BCUT2D eigenvalue weighted by atomic mass is 10.1. The summed E-state index contributed by atoms with van der Waals surface area (Å²) < 4.78 is 68.5. The van der Waals surface area contributed by atoms with Crippen molar-refractivity contribution in [2.75, 3.05) is 11.9 Å². The number of phenolic OH excluding ortho intramolecular Hbond substituents is 1. The van der Waals surface area contributed by atoms with E-state index in [9.17, 15) is 31.3 Å². The SMILES string of the molecule is CCOC(=O)Nc1cc2c(O)cc(S(=O)(=O)O)cc2cc1S(=O)(=O)O. The van der Waals surface area contributed by atoms with Gasteiger partial charge in [-0.2, -0.15) is 16.8 Å². The number of amides is 1. The summed E-state index contributed by atoms with van der Waals surface area (Å²) in [7, 11) is -9.47. The zero-order chi connectivity index (χ0) is 19.0. The summed E-state index contributed by atoms with van der Waals surface area (Å²) in [5.41, 5.74) is -0.386. The first-order valence-electron chi connectivity index (χ1n) is 6.63. The summed E-state index contributed by atoms with van der Waals surface area (Å²) in [5.74, 6) is -0.598. The highest BCUT2D eigenvalue weighted by molar-refractivity contribution is 7.86. The van der Waals surface area contributed by atoms with E-state index >= 15 is 0 Å². The molecule has 4 N–H and O–H groups in total. The zero-order valence-corrected chi connectivity index (χ0v) is 14.3. The summed E-state index contributed by atoms with van der Waals surface area (Å²) in [6.45, 7) is 1.52. The quantitative estimate of drug-likeness (QED) is 0.566. The predicted octanol–water partition coefficient (Wildman–Crippen LogP) is 1.61. The van der Waals surface area contributed by atoms with Gasteiger partial charge < -0.3 is 9.84 Å². The average Bonchev–Trinajstić information content (AvgIpc) is 2.45. The Morgan fingerprint density at radius 3 is 2.24 bits per heavy atom. The number of rotatable bonds is 4. The number of ether oxygens (including phenoxy) is 1. The maximum atomic E-state index is 11.5. The molecule has 2 aromatic carbocycles. The predicted molar refractivity (Wildman–Crippen MR) is 85.9 cm³/mol. The number of carbonyl (C=O) groups excluding carboxylic acids is 1. The van der Waals surface area contributed by atoms with Crippen molar-refractivity contribution in [2.45, 2.75) is 16.7 Å². The van der Waals surface area contributed by atoms with Gasteiger partial charge in [0.15, 0.2) is 0 Å². The lowest BCUT2D eigenvalue weighted by Gasteiger charge is -2.12. The highest BCUT2D eigenvalue weighted by Gasteiger charge is 2.21. The second kappa shape index (κ2) is 6.48. The molecule has 0 fully saturated rings. The van der Waals surface area contributed by atoms with E-state index in [2.05, 4.69) is 10.1 Å².